The molecule has 0 aromatic heterocycles. The van der Waals surface area contributed by atoms with Crippen LogP contribution in [0.15, 0.2) is 42.5 Å². The summed E-state index contributed by atoms with van der Waals surface area (Å²) < 4.78 is 11.7. The van der Waals surface area contributed by atoms with Gasteiger partial charge in [0, 0.05) is 42.9 Å². The average molecular weight is 478 g/mol. The number of fused-ring (bicyclic) bond motifs is 1. The van der Waals surface area contributed by atoms with Crippen molar-refractivity contribution < 1.29 is 19.1 Å². The number of rotatable bonds is 6. The minimum atomic E-state index is 0.0964. The molecule has 2 aromatic carbocycles. The van der Waals surface area contributed by atoms with E-state index in [4.69, 9.17) is 9.47 Å². The number of para-hydroxylation sites is 1. The van der Waals surface area contributed by atoms with Crippen LogP contribution in [-0.2, 0) is 22.4 Å². The summed E-state index contributed by atoms with van der Waals surface area (Å²) in [5.74, 6) is 1.77. The van der Waals surface area contributed by atoms with Crippen molar-refractivity contribution in [2.45, 2.75) is 57.1 Å². The first kappa shape index (κ1) is 23.7. The molecular weight excluding hydrogens is 442 g/mol. The van der Waals surface area contributed by atoms with E-state index in [1.165, 1.54) is 5.56 Å². The Morgan fingerprint density at radius 1 is 1.03 bits per heavy atom. The maximum Gasteiger partial charge on any atom is 0.227 e. The highest BCUT2D eigenvalue weighted by molar-refractivity contribution is 5.97. The fraction of sp³-hybridized carbons (Fsp3) is 0.500. The van der Waals surface area contributed by atoms with Crippen LogP contribution in [0.4, 0.5) is 5.69 Å². The maximum atomic E-state index is 13.1. The smallest absolute Gasteiger partial charge is 0.227 e. The van der Waals surface area contributed by atoms with Gasteiger partial charge in [-0.2, -0.15) is 0 Å². The topological polar surface area (TPSA) is 71.1 Å². The first-order valence-corrected chi connectivity index (χ1v) is 12.8. The monoisotopic (exact) mass is 477 g/mol. The van der Waals surface area contributed by atoms with Crippen molar-refractivity contribution in [1.29, 1.82) is 0 Å². The summed E-state index contributed by atoms with van der Waals surface area (Å²) >= 11 is 0. The lowest BCUT2D eigenvalue weighted by atomic mass is 9.95. The number of amides is 2. The first-order chi connectivity index (χ1) is 17.1. The number of methoxy groups -OCH3 is 1. The largest absolute Gasteiger partial charge is 0.496 e. The Bertz CT molecular complexity index is 1060. The third-order valence-corrected chi connectivity index (χ3v) is 7.50. The van der Waals surface area contributed by atoms with E-state index in [-0.39, 0.29) is 24.0 Å². The third kappa shape index (κ3) is 5.30. The van der Waals surface area contributed by atoms with Crippen LogP contribution in [0.5, 0.6) is 11.5 Å². The number of aryl methyl sites for hydroxylation is 1. The molecule has 3 aliphatic heterocycles. The summed E-state index contributed by atoms with van der Waals surface area (Å²) in [6.07, 6.45) is 5.47. The highest BCUT2D eigenvalue weighted by Crippen LogP contribution is 2.33. The second-order valence-corrected chi connectivity index (χ2v) is 9.72. The molecule has 2 saturated heterocycles. The standard InChI is InChI=1S/C28H35N3O4/c1-34-26-19-24(35-23-10-14-29-15-11-23)8-6-21(26)18-28(33)30-16-12-22(13-17-30)31-25-5-3-2-4-20(25)7-9-27(31)32/h2-6,8,19,22-23,29H,7,9-18H2,1H3. The van der Waals surface area contributed by atoms with E-state index in [1.54, 1.807) is 7.11 Å². The molecule has 0 unspecified atom stereocenters. The second kappa shape index (κ2) is 10.7. The molecule has 2 amide bonds. The summed E-state index contributed by atoms with van der Waals surface area (Å²) in [6, 6.07) is 14.1. The van der Waals surface area contributed by atoms with Gasteiger partial charge in [-0.05, 0) is 62.9 Å². The van der Waals surface area contributed by atoms with Crippen molar-refractivity contribution in [2.24, 2.45) is 0 Å². The van der Waals surface area contributed by atoms with E-state index < -0.39 is 0 Å². The molecule has 0 bridgehead atoms. The van der Waals surface area contributed by atoms with Gasteiger partial charge in [-0.25, -0.2) is 0 Å². The Balaban J connectivity index is 1.19. The number of nitrogens with zero attached hydrogens (tertiary/aromatic N) is 2. The van der Waals surface area contributed by atoms with E-state index >= 15 is 0 Å². The van der Waals surface area contributed by atoms with Crippen LogP contribution in [0, 0.1) is 0 Å². The number of carbonyl (C=O) groups is 2. The van der Waals surface area contributed by atoms with E-state index in [1.807, 2.05) is 40.1 Å². The molecule has 0 atom stereocenters. The fourth-order valence-electron chi connectivity index (χ4n) is 5.55. The molecule has 0 radical (unpaired) electrons. The molecule has 186 valence electrons. The molecule has 2 fully saturated rings. The molecule has 1 N–H and O–H groups in total. The van der Waals surface area contributed by atoms with E-state index in [2.05, 4.69) is 17.4 Å². The molecular formula is C28H35N3O4. The highest BCUT2D eigenvalue weighted by Gasteiger charge is 2.33. The fourth-order valence-corrected chi connectivity index (χ4v) is 5.55. The van der Waals surface area contributed by atoms with Gasteiger partial charge in [0.1, 0.15) is 17.6 Å². The van der Waals surface area contributed by atoms with Crippen LogP contribution in [0.3, 0.4) is 0 Å². The Hall–Kier alpha value is -3.06. The van der Waals surface area contributed by atoms with Gasteiger partial charge in [0.25, 0.3) is 0 Å². The summed E-state index contributed by atoms with van der Waals surface area (Å²) in [5.41, 5.74) is 3.16. The van der Waals surface area contributed by atoms with Gasteiger partial charge in [-0.15, -0.1) is 0 Å². The van der Waals surface area contributed by atoms with Crippen molar-refractivity contribution in [3.8, 4) is 11.5 Å². The number of benzene rings is 2. The second-order valence-electron chi connectivity index (χ2n) is 9.72. The van der Waals surface area contributed by atoms with Crippen LogP contribution < -0.4 is 19.7 Å². The average Bonchev–Trinajstić information content (AvgIpc) is 2.90. The zero-order valence-electron chi connectivity index (χ0n) is 20.5. The quantitative estimate of drug-likeness (QED) is 0.691. The van der Waals surface area contributed by atoms with Crippen molar-refractivity contribution in [2.75, 3.05) is 38.2 Å². The lowest BCUT2D eigenvalue weighted by Gasteiger charge is -2.41. The molecule has 0 saturated carbocycles. The van der Waals surface area contributed by atoms with E-state index in [9.17, 15) is 9.59 Å². The summed E-state index contributed by atoms with van der Waals surface area (Å²) in [4.78, 5) is 29.8. The minimum absolute atomic E-state index is 0.0964. The van der Waals surface area contributed by atoms with Gasteiger partial charge in [-0.3, -0.25) is 9.59 Å². The van der Waals surface area contributed by atoms with Gasteiger partial charge >= 0.3 is 0 Å². The van der Waals surface area contributed by atoms with E-state index in [0.29, 0.717) is 31.7 Å². The summed E-state index contributed by atoms with van der Waals surface area (Å²) in [7, 11) is 1.64. The number of hydrogen-bond donors (Lipinski definition) is 1. The highest BCUT2D eigenvalue weighted by atomic mass is 16.5. The zero-order chi connectivity index (χ0) is 24.2. The Kier molecular flexibility index (Phi) is 7.23. The number of hydrogen-bond acceptors (Lipinski definition) is 5. The van der Waals surface area contributed by atoms with Crippen LogP contribution in [0.2, 0.25) is 0 Å². The molecule has 7 nitrogen and oxygen atoms in total. The predicted molar refractivity (Wildman–Crippen MR) is 135 cm³/mol. The van der Waals surface area contributed by atoms with Crippen molar-refractivity contribution in [3.05, 3.63) is 53.6 Å². The number of piperidine rings is 2. The summed E-state index contributed by atoms with van der Waals surface area (Å²) in [6.45, 7) is 3.27. The van der Waals surface area contributed by atoms with Crippen LogP contribution in [0.1, 0.15) is 43.2 Å². The van der Waals surface area contributed by atoms with Crippen molar-refractivity contribution in [1.82, 2.24) is 10.2 Å². The number of anilines is 1. The van der Waals surface area contributed by atoms with Gasteiger partial charge in [-0.1, -0.05) is 24.3 Å². The number of carbonyl (C=O) groups excluding carboxylic acids is 2. The van der Waals surface area contributed by atoms with Gasteiger partial charge in [0.05, 0.1) is 13.5 Å². The molecule has 35 heavy (non-hydrogen) atoms. The zero-order valence-corrected chi connectivity index (χ0v) is 20.5. The minimum Gasteiger partial charge on any atom is -0.496 e. The predicted octanol–water partition coefficient (Wildman–Crippen LogP) is 3.34. The van der Waals surface area contributed by atoms with Crippen LogP contribution in [0.25, 0.3) is 0 Å². The SMILES string of the molecule is COc1cc(OC2CCNCC2)ccc1CC(=O)N1CCC(N2C(=O)CCc3ccccc32)CC1. The molecule has 0 spiro atoms. The molecule has 3 aliphatic rings. The lowest BCUT2D eigenvalue weighted by Crippen LogP contribution is -2.50. The van der Waals surface area contributed by atoms with Crippen LogP contribution >= 0.6 is 0 Å². The Morgan fingerprint density at radius 2 is 1.80 bits per heavy atom. The summed E-state index contributed by atoms with van der Waals surface area (Å²) in [5, 5.41) is 3.35. The van der Waals surface area contributed by atoms with Gasteiger partial charge in [0.15, 0.2) is 0 Å². The molecule has 2 aromatic rings. The lowest BCUT2D eigenvalue weighted by molar-refractivity contribution is -0.131. The maximum absolute atomic E-state index is 13.1. The Labute approximate surface area is 207 Å². The normalized spacial score (nSPS) is 19.4. The number of nitrogens with one attached hydrogen (secondary N) is 1. The van der Waals surface area contributed by atoms with Crippen LogP contribution in [-0.4, -0.2) is 62.1 Å². The molecule has 0 aliphatic carbocycles. The molecule has 5 rings (SSSR count). The van der Waals surface area contributed by atoms with Gasteiger partial charge in [0.2, 0.25) is 11.8 Å². The third-order valence-electron chi connectivity index (χ3n) is 7.50. The number of ether oxygens (including phenoxy) is 2. The molecule has 3 heterocycles. The molecule has 7 heteroatoms. The van der Waals surface area contributed by atoms with Crippen molar-refractivity contribution >= 4 is 17.5 Å². The Morgan fingerprint density at radius 3 is 2.57 bits per heavy atom. The number of likely N-dealkylation sites (tertiary alicyclic amines) is 1. The van der Waals surface area contributed by atoms with E-state index in [0.717, 1.165) is 62.2 Å². The van der Waals surface area contributed by atoms with Crippen molar-refractivity contribution in [3.63, 3.8) is 0 Å². The van der Waals surface area contributed by atoms with Gasteiger partial charge < -0.3 is 24.6 Å². The first-order valence-electron chi connectivity index (χ1n) is 12.8.